The topological polar surface area (TPSA) is 292 Å². The fourth-order valence-corrected chi connectivity index (χ4v) is 11.8. The van der Waals surface area contributed by atoms with E-state index in [9.17, 15) is 24.9 Å². The molecule has 4 aliphatic rings. The van der Waals surface area contributed by atoms with Crippen molar-refractivity contribution in [3.05, 3.63) is 158 Å². The molecule has 4 aromatic carbocycles. The predicted octanol–water partition coefficient (Wildman–Crippen LogP) is 11.5. The molecule has 23 nitrogen and oxygen atoms in total. The van der Waals surface area contributed by atoms with Crippen LogP contribution in [0.5, 0.6) is 23.0 Å². The van der Waals surface area contributed by atoms with E-state index in [0.717, 1.165) is 61.9 Å². The lowest BCUT2D eigenvalue weighted by Crippen LogP contribution is -2.35. The molecule has 0 bridgehead atoms. The number of nitrogens with zero attached hydrogens (tertiary/aromatic N) is 12. The second-order valence-electron chi connectivity index (χ2n) is 23.9. The number of likely N-dealkylation sites (tertiary alicyclic amines) is 2. The van der Waals surface area contributed by atoms with Crippen LogP contribution in [0.15, 0.2) is 146 Å². The quantitative estimate of drug-likeness (QED) is 0.0757. The maximum absolute atomic E-state index is 13.1. The molecule has 0 aliphatic carbocycles. The number of ether oxygens (including phenoxy) is 5. The molecule has 492 valence electrons. The fraction of sp³-hybridized carbons (Fsp3) is 0.366. The number of nitrogens with two attached hydrogens (primary N) is 2. The lowest BCUT2D eigenvalue weighted by molar-refractivity contribution is -0.131. The summed E-state index contributed by atoms with van der Waals surface area (Å²) in [4.78, 5) is 61.2. The summed E-state index contributed by atoms with van der Waals surface area (Å²) in [6.07, 6.45) is 12.3. The van der Waals surface area contributed by atoms with Gasteiger partial charge in [0.1, 0.15) is 87.7 Å². The van der Waals surface area contributed by atoms with Gasteiger partial charge >= 0.3 is 12.1 Å². The Labute approximate surface area is 549 Å². The minimum atomic E-state index is -0.893. The Morgan fingerprint density at radius 1 is 0.617 bits per heavy atom. The second kappa shape index (κ2) is 31.9. The molecular weight excluding hydrogens is 1190 g/mol. The summed E-state index contributed by atoms with van der Waals surface area (Å²) >= 11 is 0. The van der Waals surface area contributed by atoms with Gasteiger partial charge in [-0.3, -0.25) is 14.6 Å². The minimum Gasteiger partial charge on any atom is -0.478 e. The lowest BCUT2D eigenvalue weighted by atomic mass is 10.0. The van der Waals surface area contributed by atoms with Crippen molar-refractivity contribution in [3.63, 3.8) is 0 Å². The zero-order valence-corrected chi connectivity index (χ0v) is 52.3. The van der Waals surface area contributed by atoms with Gasteiger partial charge in [-0.25, -0.2) is 29.5 Å². The Balaban J connectivity index is 0.000000200. The van der Waals surface area contributed by atoms with Gasteiger partial charge in [0.2, 0.25) is 5.91 Å². The number of para-hydroxylation sites is 2. The summed E-state index contributed by atoms with van der Waals surface area (Å²) < 4.78 is 31.9. The third kappa shape index (κ3) is 16.7. The van der Waals surface area contributed by atoms with Crippen molar-refractivity contribution in [1.29, 1.82) is 10.5 Å². The number of rotatable bonds is 16. The number of likely N-dealkylation sites (N-methyl/N-ethyl adjacent to an activating group) is 2. The van der Waals surface area contributed by atoms with Crippen molar-refractivity contribution in [2.75, 3.05) is 91.3 Å². The van der Waals surface area contributed by atoms with E-state index in [1.54, 1.807) is 17.1 Å². The van der Waals surface area contributed by atoms with Crippen molar-refractivity contribution in [1.82, 2.24) is 48.7 Å². The number of hydrogen-bond donors (Lipinski definition) is 3. The summed E-state index contributed by atoms with van der Waals surface area (Å²) in [6.45, 7) is 12.0. The number of anilines is 2. The molecule has 12 rings (SSSR count). The van der Waals surface area contributed by atoms with Crippen LogP contribution in [0, 0.1) is 22.7 Å². The normalized spacial score (nSPS) is 17.7. The van der Waals surface area contributed by atoms with Crippen molar-refractivity contribution >= 4 is 51.7 Å². The molecule has 5 N–H and O–H groups in total. The number of hydrogen-bond acceptors (Lipinski definition) is 18. The van der Waals surface area contributed by atoms with Gasteiger partial charge in [-0.2, -0.15) is 10.5 Å². The van der Waals surface area contributed by atoms with Gasteiger partial charge in [0, 0.05) is 87.8 Å². The number of aliphatic carboxylic acids is 1. The average molecular weight is 1280 g/mol. The number of carbonyl (C=O) groups excluding carboxylic acids is 2. The summed E-state index contributed by atoms with van der Waals surface area (Å²) in [6, 6.07) is 39.4. The van der Waals surface area contributed by atoms with Crippen LogP contribution in [0.2, 0.25) is 0 Å². The maximum Gasteiger partial charge on any atom is 0.410 e. The third-order valence-electron chi connectivity index (χ3n) is 16.5. The second-order valence-corrected chi connectivity index (χ2v) is 23.9. The van der Waals surface area contributed by atoms with Crippen LogP contribution < -0.4 is 20.9 Å². The first-order valence-corrected chi connectivity index (χ1v) is 30.6. The van der Waals surface area contributed by atoms with E-state index in [0.29, 0.717) is 132 Å². The standard InChI is InChI=1S/C32H33N7O3.C28H28N6O3.C9H15NO3.2CH4/c1-37(24-14-17-41-20-24)15-5-8-28(40)38-16-13-23(19-38)39-27(18-33)29(30-31(34)35-21-36-32(30)39)22-9-11-26(12-10-22)42-25-6-3-2-4-7-25;1-28(2,3)37-27(35)33-14-13-19(16-33)34-22(15-29)23(24-25(30)31-17-32-26(24)34)18-9-11-21(12-10-18)36-20-7-5-4-6-8-20;1-10(5-2-3-9(11)12)8-4-6-13-7-8;;/h2-12,21,23-24H,13-17,19-20H2,1H3,(H2,34,35,36);4-12,17,19H,13-14,16H2,1-3H3,(H2,30,31,32);2-3,8H,4-7H2,1H3,(H,11,12);2*1H4/b8-5+;;3-2+;;/t23-,24?;19-;;;/m11.../s1. The van der Waals surface area contributed by atoms with Crippen molar-refractivity contribution in [3.8, 4) is 57.4 Å². The molecule has 4 aliphatic heterocycles. The van der Waals surface area contributed by atoms with E-state index in [-0.39, 0.29) is 38.9 Å². The van der Waals surface area contributed by atoms with Gasteiger partial charge in [-0.1, -0.05) is 87.7 Å². The van der Waals surface area contributed by atoms with Crippen LogP contribution in [-0.2, 0) is 23.8 Å². The third-order valence-corrected chi connectivity index (χ3v) is 16.5. The molecular formula is C71H84N14O9. The molecule has 0 saturated carbocycles. The van der Waals surface area contributed by atoms with E-state index in [1.807, 2.05) is 157 Å². The molecule has 2 amide bonds. The molecule has 8 heterocycles. The summed E-state index contributed by atoms with van der Waals surface area (Å²) in [5, 5.41) is 30.3. The van der Waals surface area contributed by atoms with Crippen LogP contribution >= 0.6 is 0 Å². The first-order valence-electron chi connectivity index (χ1n) is 30.6. The molecule has 0 radical (unpaired) electrons. The number of fused-ring (bicyclic) bond motifs is 2. The van der Waals surface area contributed by atoms with Crippen LogP contribution in [0.25, 0.3) is 44.3 Å². The number of amides is 2. The average Bonchev–Trinajstić information content (AvgIpc) is 1.59. The number of carbonyl (C=O) groups is 3. The smallest absolute Gasteiger partial charge is 0.410 e. The highest BCUT2D eigenvalue weighted by atomic mass is 16.6. The number of aromatic nitrogens is 6. The van der Waals surface area contributed by atoms with Crippen LogP contribution in [-0.4, -0.2) is 169 Å². The van der Waals surface area contributed by atoms with Gasteiger partial charge in [-0.15, -0.1) is 0 Å². The first-order chi connectivity index (χ1) is 44.5. The Hall–Kier alpha value is -10.2. The highest BCUT2D eigenvalue weighted by molar-refractivity contribution is 6.04. The zero-order chi connectivity index (χ0) is 64.9. The van der Waals surface area contributed by atoms with E-state index in [1.165, 1.54) is 18.7 Å². The predicted molar refractivity (Wildman–Crippen MR) is 362 cm³/mol. The van der Waals surface area contributed by atoms with Gasteiger partial charge in [0.15, 0.2) is 0 Å². The van der Waals surface area contributed by atoms with Crippen LogP contribution in [0.4, 0.5) is 16.4 Å². The maximum atomic E-state index is 13.1. The molecule has 0 spiro atoms. The number of nitrogen functional groups attached to an aromatic ring is 2. The molecule has 4 aromatic heterocycles. The van der Waals surface area contributed by atoms with Crippen molar-refractivity contribution < 1.29 is 43.2 Å². The van der Waals surface area contributed by atoms with E-state index < -0.39 is 11.6 Å². The zero-order valence-electron chi connectivity index (χ0n) is 52.3. The van der Waals surface area contributed by atoms with E-state index >= 15 is 0 Å². The van der Waals surface area contributed by atoms with Gasteiger partial charge < -0.3 is 59.2 Å². The lowest BCUT2D eigenvalue weighted by Gasteiger charge is -2.24. The van der Waals surface area contributed by atoms with Crippen molar-refractivity contribution in [2.45, 2.75) is 91.1 Å². The first kappa shape index (κ1) is 69.7. The minimum absolute atomic E-state index is 0. The highest BCUT2D eigenvalue weighted by Gasteiger charge is 2.36. The Kier molecular flexibility index (Phi) is 23.7. The highest BCUT2D eigenvalue weighted by Crippen LogP contribution is 2.43. The molecule has 8 aromatic rings. The molecule has 94 heavy (non-hydrogen) atoms. The number of nitriles is 2. The molecule has 2 unspecified atom stereocenters. The largest absolute Gasteiger partial charge is 0.478 e. The number of benzene rings is 4. The van der Waals surface area contributed by atoms with E-state index in [2.05, 4.69) is 48.9 Å². The van der Waals surface area contributed by atoms with Crippen LogP contribution in [0.1, 0.15) is 84.8 Å². The number of carboxylic acid groups (broad SMARTS) is 1. The summed E-state index contributed by atoms with van der Waals surface area (Å²) in [7, 11) is 4.03. The van der Waals surface area contributed by atoms with E-state index in [4.69, 9.17) is 40.3 Å². The summed E-state index contributed by atoms with van der Waals surface area (Å²) in [5.41, 5.74) is 17.1. The Morgan fingerprint density at radius 2 is 1.03 bits per heavy atom. The van der Waals surface area contributed by atoms with Gasteiger partial charge in [0.25, 0.3) is 0 Å². The Morgan fingerprint density at radius 3 is 1.44 bits per heavy atom. The molecule has 23 heteroatoms. The van der Waals surface area contributed by atoms with Gasteiger partial charge in [0.05, 0.1) is 36.1 Å². The molecule has 4 fully saturated rings. The summed E-state index contributed by atoms with van der Waals surface area (Å²) in [5.74, 6) is 2.49. The van der Waals surface area contributed by atoms with Gasteiger partial charge in [-0.05, 0) is 120 Å². The monoisotopic (exact) mass is 1280 g/mol. The fourth-order valence-electron chi connectivity index (χ4n) is 11.8. The number of carboxylic acids is 1. The molecule has 4 saturated heterocycles. The molecule has 4 atom stereocenters. The Bertz CT molecular complexity index is 4010. The van der Waals surface area contributed by atoms with Crippen LogP contribution in [0.3, 0.4) is 0 Å². The van der Waals surface area contributed by atoms with Crippen molar-refractivity contribution in [2.24, 2.45) is 0 Å². The SMILES string of the molecule is C.C.CC(C)(C)OC(=O)N1CC[C@@H](n2c(C#N)c(-c3ccc(Oc4ccccc4)cc3)c3c(N)ncnc32)C1.CN(C/C=C/C(=O)N1CC[C@@H](n2c(C#N)c(-c3ccc(Oc4ccccc4)cc3)c3c(N)ncnc32)C1)C1CCOC1.CN(C/C=C/C(=O)O)C1CCOC1.